The normalized spacial score (nSPS) is 13.6. The van der Waals surface area contributed by atoms with Gasteiger partial charge in [-0.1, -0.05) is 94.8 Å². The van der Waals surface area contributed by atoms with Crippen molar-refractivity contribution < 1.29 is 34.0 Å². The van der Waals surface area contributed by atoms with E-state index in [0.29, 0.717) is 36.1 Å². The fourth-order valence-electron chi connectivity index (χ4n) is 11.9. The zero-order valence-corrected chi connectivity index (χ0v) is 53.8. The molecule has 10 rings (SSSR count). The van der Waals surface area contributed by atoms with Gasteiger partial charge in [-0.2, -0.15) is 0 Å². The van der Waals surface area contributed by atoms with Gasteiger partial charge in [-0.05, 0) is 155 Å². The van der Waals surface area contributed by atoms with Crippen molar-refractivity contribution in [2.24, 2.45) is 0 Å². The molecule has 87 heavy (non-hydrogen) atoms. The van der Waals surface area contributed by atoms with E-state index in [1.165, 1.54) is 7.11 Å². The van der Waals surface area contributed by atoms with E-state index in [1.54, 1.807) is 12.4 Å². The molecule has 0 unspecified atom stereocenters. The minimum absolute atomic E-state index is 0. The molecular weight excluding hydrogens is 1090 g/mol. The number of carbonyl (C=O) groups is 2. The molecule has 2 aliphatic heterocycles. The quantitative estimate of drug-likeness (QED) is 0.0731. The summed E-state index contributed by atoms with van der Waals surface area (Å²) >= 11 is 0. The van der Waals surface area contributed by atoms with Crippen molar-refractivity contribution in [3.63, 3.8) is 0 Å². The summed E-state index contributed by atoms with van der Waals surface area (Å²) in [7, 11) is 1.40. The van der Waals surface area contributed by atoms with Crippen molar-refractivity contribution >= 4 is 57.0 Å². The maximum Gasteiger partial charge on any atom is 0.339 e. The van der Waals surface area contributed by atoms with E-state index in [4.69, 9.17) is 24.2 Å². The summed E-state index contributed by atoms with van der Waals surface area (Å²) in [5, 5.41) is 25.3. The molecule has 17 heteroatoms. The Morgan fingerprint density at radius 3 is 1.34 bits per heavy atom. The van der Waals surface area contributed by atoms with Gasteiger partial charge in [0.15, 0.2) is 12.2 Å². The first-order valence-corrected chi connectivity index (χ1v) is 30.2. The van der Waals surface area contributed by atoms with Crippen molar-refractivity contribution in [3.8, 4) is 22.3 Å². The van der Waals surface area contributed by atoms with Gasteiger partial charge in [0.25, 0.3) is 0 Å². The van der Waals surface area contributed by atoms with Crippen LogP contribution in [0.15, 0.2) is 85.5 Å². The molecule has 8 aromatic rings. The van der Waals surface area contributed by atoms with Gasteiger partial charge in [0.05, 0.1) is 47.3 Å². The molecule has 4 aromatic heterocycles. The van der Waals surface area contributed by atoms with Crippen molar-refractivity contribution in [2.45, 2.75) is 168 Å². The lowest BCUT2D eigenvalue weighted by Gasteiger charge is -2.35. The Morgan fingerprint density at radius 1 is 0.609 bits per heavy atom. The summed E-state index contributed by atoms with van der Waals surface area (Å²) in [6.45, 7) is 40.1. The third-order valence-electron chi connectivity index (χ3n) is 15.9. The van der Waals surface area contributed by atoms with E-state index in [1.807, 2.05) is 67.8 Å². The van der Waals surface area contributed by atoms with E-state index < -0.39 is 35.3 Å². The standard InChI is InChI=1S/C34H43N5O3.C31H36N4O4.C4H11N.CH4/c1-9-37(10-2)20-24-18-35-33(36-19-24)39-16-15-38-22(4)17-26-28(25-13-11-21(3)12-14-25)27(23(5)29(39)30(26)38)31(32(40)41)42-34(6,7)8;1-18-8-10-22(11-9-18)25-23-14-19(2)34-12-13-35(30-32-15-21(17-36)16-33-30)26(27(23)34)20(3)24(25)28(29(37)38-7)39-31(4,5)6;1-3-5-4-2;/h11-14,17-19,31H,9-10,15-16,20H2,1-8H3,(H,40,41);8-11,14-16,28,36H,12-13,17H2,1-7H3;5H,3-4H2,1-2H3;1H4/t31-;28-;;/m00../s1. The number of aliphatic hydroxyl groups is 1. The van der Waals surface area contributed by atoms with Gasteiger partial charge in [-0.3, -0.25) is 4.90 Å². The molecule has 0 aliphatic carbocycles. The minimum atomic E-state index is -1.16. The lowest BCUT2D eigenvalue weighted by Crippen LogP contribution is -2.32. The van der Waals surface area contributed by atoms with Gasteiger partial charge in [-0.15, -0.1) is 0 Å². The smallest absolute Gasteiger partial charge is 0.339 e. The molecule has 0 saturated carbocycles. The molecule has 2 atom stereocenters. The average molecular weight is 1190 g/mol. The Balaban J connectivity index is 0.000000229. The first-order valence-electron chi connectivity index (χ1n) is 30.2. The number of anilines is 4. The zero-order chi connectivity index (χ0) is 62.5. The Hall–Kier alpha value is -7.54. The number of aromatic nitrogens is 6. The van der Waals surface area contributed by atoms with E-state index in [2.05, 4.69) is 155 Å². The molecule has 0 radical (unpaired) electrons. The lowest BCUT2D eigenvalue weighted by molar-refractivity contribution is -0.164. The molecule has 4 aromatic carbocycles. The fraction of sp³-hybridized carbons (Fsp3) is 0.457. The van der Waals surface area contributed by atoms with Gasteiger partial charge >= 0.3 is 11.9 Å². The summed E-state index contributed by atoms with van der Waals surface area (Å²) in [6.07, 6.45) is 5.01. The highest BCUT2D eigenvalue weighted by Gasteiger charge is 2.39. The number of nitrogens with one attached hydrogen (secondary N) is 1. The average Bonchev–Trinajstić information content (AvgIpc) is 1.68. The molecule has 2 aliphatic rings. The number of carboxylic acid groups (broad SMARTS) is 1. The Kier molecular flexibility index (Phi) is 21.6. The van der Waals surface area contributed by atoms with Gasteiger partial charge in [0.2, 0.25) is 11.9 Å². The summed E-state index contributed by atoms with van der Waals surface area (Å²) in [5.41, 5.74) is 16.1. The molecule has 0 bridgehead atoms. The number of methoxy groups -OCH3 is 1. The highest BCUT2D eigenvalue weighted by Crippen LogP contribution is 2.51. The number of carbonyl (C=O) groups excluding carboxylic acids is 1. The molecule has 0 spiro atoms. The van der Waals surface area contributed by atoms with Crippen molar-refractivity contribution in [3.05, 3.63) is 141 Å². The van der Waals surface area contributed by atoms with Gasteiger partial charge in [0, 0.05) is 102 Å². The number of aliphatic carboxylic acids is 1. The summed E-state index contributed by atoms with van der Waals surface area (Å²) in [5.74, 6) is -0.300. The van der Waals surface area contributed by atoms with E-state index >= 15 is 0 Å². The molecule has 0 amide bonds. The monoisotopic (exact) mass is 1190 g/mol. The first kappa shape index (κ1) is 67.0. The number of hydrogen-bond donors (Lipinski definition) is 3. The number of aliphatic hydroxyl groups excluding tert-OH is 1. The number of ether oxygens (including phenoxy) is 3. The molecule has 6 heterocycles. The van der Waals surface area contributed by atoms with Crippen LogP contribution in [0.2, 0.25) is 0 Å². The summed E-state index contributed by atoms with van der Waals surface area (Å²) in [6, 6.07) is 21.1. The predicted octanol–water partition coefficient (Wildman–Crippen LogP) is 13.9. The van der Waals surface area contributed by atoms with E-state index in [0.717, 1.165) is 146 Å². The van der Waals surface area contributed by atoms with Crippen LogP contribution < -0.4 is 15.1 Å². The molecular formula is C70H94N10O7. The van der Waals surface area contributed by atoms with E-state index in [-0.39, 0.29) is 14.0 Å². The van der Waals surface area contributed by atoms with Crippen molar-refractivity contribution in [2.75, 3.05) is 56.2 Å². The molecule has 3 N–H and O–H groups in total. The number of benzene rings is 4. The molecule has 0 saturated heterocycles. The van der Waals surface area contributed by atoms with Crippen LogP contribution in [-0.2, 0) is 50.0 Å². The third-order valence-corrected chi connectivity index (χ3v) is 15.9. The molecule has 17 nitrogen and oxygen atoms in total. The van der Waals surface area contributed by atoms with Crippen LogP contribution in [0.25, 0.3) is 44.1 Å². The van der Waals surface area contributed by atoms with Gasteiger partial charge in [0.1, 0.15) is 0 Å². The van der Waals surface area contributed by atoms with Crippen molar-refractivity contribution in [1.82, 2.24) is 39.3 Å². The van der Waals surface area contributed by atoms with Crippen LogP contribution in [0.3, 0.4) is 0 Å². The van der Waals surface area contributed by atoms with E-state index in [9.17, 15) is 19.8 Å². The Bertz CT molecular complexity index is 3670. The van der Waals surface area contributed by atoms with Gasteiger partial charge in [-0.25, -0.2) is 29.5 Å². The van der Waals surface area contributed by atoms with Crippen LogP contribution in [0, 0.1) is 41.5 Å². The summed E-state index contributed by atoms with van der Waals surface area (Å²) in [4.78, 5) is 51.7. The number of carboxylic acids is 1. The van der Waals surface area contributed by atoms with Crippen LogP contribution in [-0.4, -0.2) is 114 Å². The van der Waals surface area contributed by atoms with Crippen LogP contribution in [0.1, 0.15) is 145 Å². The highest BCUT2D eigenvalue weighted by molar-refractivity contribution is 6.10. The number of esters is 1. The van der Waals surface area contributed by atoms with Crippen molar-refractivity contribution in [1.29, 1.82) is 0 Å². The number of nitrogens with zero attached hydrogens (tertiary/aromatic N) is 9. The first-order chi connectivity index (χ1) is 40.9. The molecule has 466 valence electrons. The largest absolute Gasteiger partial charge is 0.479 e. The highest BCUT2D eigenvalue weighted by atomic mass is 16.6. The second-order valence-corrected chi connectivity index (χ2v) is 24.4. The second-order valence-electron chi connectivity index (χ2n) is 24.4. The topological polar surface area (TPSA) is 185 Å². The minimum Gasteiger partial charge on any atom is -0.479 e. The van der Waals surface area contributed by atoms with Gasteiger partial charge < -0.3 is 48.7 Å². The summed E-state index contributed by atoms with van der Waals surface area (Å²) < 4.78 is 22.7. The zero-order valence-electron chi connectivity index (χ0n) is 53.8. The predicted molar refractivity (Wildman–Crippen MR) is 352 cm³/mol. The lowest BCUT2D eigenvalue weighted by atomic mass is 9.87. The Labute approximate surface area is 515 Å². The Morgan fingerprint density at radius 2 is 1.00 bits per heavy atom. The maximum atomic E-state index is 13.4. The maximum absolute atomic E-state index is 13.4. The SMILES string of the molecule is C.CCN(CC)Cc1cnc(N2CCn3c(C)cc4c(-c5ccc(C)cc5)c([C@H](OC(C)(C)C)C(=O)O)c(C)c2c43)nc1.CCNCC.COC(=O)[C@@H](OC(C)(C)C)c1c(C)c2c3c(cc(C)n3CCN2c2ncc(CO)cn2)c1-c1ccc(C)cc1. The third kappa shape index (κ3) is 14.4. The van der Waals surface area contributed by atoms with Crippen LogP contribution in [0.4, 0.5) is 23.3 Å². The number of rotatable bonds is 17. The fourth-order valence-corrected chi connectivity index (χ4v) is 11.9. The molecule has 0 fully saturated rings. The number of aryl methyl sites for hydroxylation is 4. The van der Waals surface area contributed by atoms with Crippen LogP contribution >= 0.6 is 0 Å². The second kappa shape index (κ2) is 28.1. The number of hydrogen-bond acceptors (Lipinski definition) is 14. The van der Waals surface area contributed by atoms with Crippen LogP contribution in [0.5, 0.6) is 0 Å².